The van der Waals surface area contributed by atoms with Crippen LogP contribution in [0.3, 0.4) is 0 Å². The van der Waals surface area contributed by atoms with Gasteiger partial charge >= 0.3 is 6.01 Å². The highest BCUT2D eigenvalue weighted by atomic mass is 16.5. The van der Waals surface area contributed by atoms with Gasteiger partial charge in [0, 0.05) is 13.1 Å². The van der Waals surface area contributed by atoms with Crippen LogP contribution in [-0.4, -0.2) is 46.6 Å². The molecule has 9 heteroatoms. The first-order valence-corrected chi connectivity index (χ1v) is 6.59. The van der Waals surface area contributed by atoms with Gasteiger partial charge in [-0.1, -0.05) is 6.92 Å². The Balaban J connectivity index is 2.34. The Bertz CT molecular complexity index is 482. The highest BCUT2D eigenvalue weighted by Gasteiger charge is 2.30. The molecule has 1 aromatic rings. The van der Waals surface area contributed by atoms with Gasteiger partial charge in [0.2, 0.25) is 17.8 Å². The van der Waals surface area contributed by atoms with E-state index in [4.69, 9.17) is 10.6 Å². The van der Waals surface area contributed by atoms with Crippen molar-refractivity contribution < 1.29 is 9.53 Å². The number of nitrogens with zero attached hydrogens (tertiary/aromatic N) is 4. The molecule has 20 heavy (non-hydrogen) atoms. The normalized spacial score (nSPS) is 18.6. The monoisotopic (exact) mass is 281 g/mol. The Morgan fingerprint density at radius 1 is 1.45 bits per heavy atom. The van der Waals surface area contributed by atoms with Crippen molar-refractivity contribution in [2.24, 2.45) is 5.84 Å². The number of hydrogen-bond acceptors (Lipinski definition) is 8. The number of anilines is 2. The van der Waals surface area contributed by atoms with Gasteiger partial charge in [-0.15, -0.1) is 0 Å². The standard InChI is InChI=1S/C11H19N7O2/c1-3-7-8(19)13-5-6-18(7)10-14-9(17-12)15-11(16-10)20-4-2/h7H,3-6,12H2,1-2H3,(H,13,19)(H,14,15,16,17). The van der Waals surface area contributed by atoms with E-state index in [2.05, 4.69) is 25.7 Å². The molecule has 0 aliphatic carbocycles. The number of hydrazine groups is 1. The molecule has 2 rings (SSSR count). The maximum absolute atomic E-state index is 11.9. The molecule has 1 aliphatic rings. The summed E-state index contributed by atoms with van der Waals surface area (Å²) in [5, 5.41) is 2.83. The molecule has 1 aromatic heterocycles. The molecular weight excluding hydrogens is 262 g/mol. The summed E-state index contributed by atoms with van der Waals surface area (Å²) in [6.45, 7) is 5.39. The average molecular weight is 281 g/mol. The van der Waals surface area contributed by atoms with Crippen LogP contribution in [0.15, 0.2) is 0 Å². The summed E-state index contributed by atoms with van der Waals surface area (Å²) in [5.41, 5.74) is 2.38. The molecule has 0 saturated carbocycles. The van der Waals surface area contributed by atoms with Crippen molar-refractivity contribution in [1.82, 2.24) is 20.3 Å². The lowest BCUT2D eigenvalue weighted by molar-refractivity contribution is -0.123. The largest absolute Gasteiger partial charge is 0.464 e. The number of piperazine rings is 1. The molecule has 1 unspecified atom stereocenters. The van der Waals surface area contributed by atoms with Gasteiger partial charge in [0.25, 0.3) is 0 Å². The molecular formula is C11H19N7O2. The number of amides is 1. The van der Waals surface area contributed by atoms with Crippen LogP contribution in [0.4, 0.5) is 11.9 Å². The minimum Gasteiger partial charge on any atom is -0.464 e. The Labute approximate surface area is 116 Å². The predicted octanol–water partition coefficient (Wildman–Crippen LogP) is -0.729. The molecule has 1 saturated heterocycles. The first-order valence-electron chi connectivity index (χ1n) is 6.59. The van der Waals surface area contributed by atoms with Crippen LogP contribution >= 0.6 is 0 Å². The van der Waals surface area contributed by atoms with Crippen LogP contribution in [0.2, 0.25) is 0 Å². The number of rotatable bonds is 5. The van der Waals surface area contributed by atoms with E-state index in [0.717, 1.165) is 0 Å². The Morgan fingerprint density at radius 2 is 2.25 bits per heavy atom. The molecule has 2 heterocycles. The van der Waals surface area contributed by atoms with E-state index in [1.807, 2.05) is 18.7 Å². The van der Waals surface area contributed by atoms with Crippen molar-refractivity contribution in [1.29, 1.82) is 0 Å². The number of ether oxygens (including phenoxy) is 1. The lowest BCUT2D eigenvalue weighted by Gasteiger charge is -2.34. The fourth-order valence-corrected chi connectivity index (χ4v) is 2.09. The van der Waals surface area contributed by atoms with E-state index >= 15 is 0 Å². The third-order valence-corrected chi connectivity index (χ3v) is 2.98. The zero-order valence-corrected chi connectivity index (χ0v) is 11.6. The lowest BCUT2D eigenvalue weighted by atomic mass is 10.1. The number of nitrogen functional groups attached to an aromatic ring is 1. The van der Waals surface area contributed by atoms with Gasteiger partial charge < -0.3 is 15.0 Å². The summed E-state index contributed by atoms with van der Waals surface area (Å²) in [6.07, 6.45) is 0.660. The number of aromatic nitrogens is 3. The molecule has 0 spiro atoms. The minimum absolute atomic E-state index is 0.0284. The number of nitrogens with two attached hydrogens (primary N) is 1. The maximum atomic E-state index is 11.9. The van der Waals surface area contributed by atoms with Crippen LogP contribution in [0.1, 0.15) is 20.3 Å². The van der Waals surface area contributed by atoms with Crippen molar-refractivity contribution in [2.45, 2.75) is 26.3 Å². The van der Waals surface area contributed by atoms with Gasteiger partial charge in [0.05, 0.1) is 6.61 Å². The average Bonchev–Trinajstić information content (AvgIpc) is 2.47. The number of hydrogen-bond donors (Lipinski definition) is 3. The summed E-state index contributed by atoms with van der Waals surface area (Å²) in [7, 11) is 0. The van der Waals surface area contributed by atoms with Crippen molar-refractivity contribution in [2.75, 3.05) is 30.0 Å². The van der Waals surface area contributed by atoms with E-state index in [1.165, 1.54) is 0 Å². The molecule has 1 aliphatic heterocycles. The highest BCUT2D eigenvalue weighted by Crippen LogP contribution is 2.19. The van der Waals surface area contributed by atoms with E-state index in [0.29, 0.717) is 32.1 Å². The zero-order valence-electron chi connectivity index (χ0n) is 11.6. The molecule has 1 atom stereocenters. The van der Waals surface area contributed by atoms with E-state index in [9.17, 15) is 4.79 Å². The van der Waals surface area contributed by atoms with Gasteiger partial charge in [-0.3, -0.25) is 10.2 Å². The van der Waals surface area contributed by atoms with Gasteiger partial charge in [0.1, 0.15) is 6.04 Å². The van der Waals surface area contributed by atoms with Gasteiger partial charge in [0.15, 0.2) is 0 Å². The molecule has 1 fully saturated rings. The number of nitrogens with one attached hydrogen (secondary N) is 2. The van der Waals surface area contributed by atoms with Crippen LogP contribution in [0, 0.1) is 0 Å². The Kier molecular flexibility index (Phi) is 4.51. The lowest BCUT2D eigenvalue weighted by Crippen LogP contribution is -2.55. The highest BCUT2D eigenvalue weighted by molar-refractivity contribution is 5.85. The van der Waals surface area contributed by atoms with Crippen molar-refractivity contribution >= 4 is 17.8 Å². The first-order chi connectivity index (χ1) is 9.69. The van der Waals surface area contributed by atoms with Crippen molar-refractivity contribution in [3.63, 3.8) is 0 Å². The molecule has 0 aromatic carbocycles. The molecule has 0 radical (unpaired) electrons. The SMILES string of the molecule is CCOc1nc(NN)nc(N2CCNC(=O)C2CC)n1. The fourth-order valence-electron chi connectivity index (χ4n) is 2.09. The molecule has 0 bridgehead atoms. The van der Waals surface area contributed by atoms with Gasteiger partial charge in [-0.25, -0.2) is 5.84 Å². The third kappa shape index (κ3) is 2.87. The van der Waals surface area contributed by atoms with Crippen LogP contribution in [0.5, 0.6) is 6.01 Å². The molecule has 4 N–H and O–H groups in total. The maximum Gasteiger partial charge on any atom is 0.323 e. The Morgan fingerprint density at radius 3 is 2.90 bits per heavy atom. The van der Waals surface area contributed by atoms with Gasteiger partial charge in [-0.2, -0.15) is 15.0 Å². The van der Waals surface area contributed by atoms with Crippen molar-refractivity contribution in [3.8, 4) is 6.01 Å². The number of carbonyl (C=O) groups is 1. The molecule has 110 valence electrons. The fraction of sp³-hybridized carbons (Fsp3) is 0.636. The summed E-state index contributed by atoms with van der Waals surface area (Å²) in [4.78, 5) is 26.1. The second kappa shape index (κ2) is 6.33. The second-order valence-electron chi connectivity index (χ2n) is 4.23. The van der Waals surface area contributed by atoms with Gasteiger partial charge in [-0.05, 0) is 13.3 Å². The summed E-state index contributed by atoms with van der Waals surface area (Å²) < 4.78 is 5.29. The minimum atomic E-state index is -0.300. The van der Waals surface area contributed by atoms with Crippen molar-refractivity contribution in [3.05, 3.63) is 0 Å². The molecule has 9 nitrogen and oxygen atoms in total. The summed E-state index contributed by atoms with van der Waals surface area (Å²) in [5.74, 6) is 5.92. The predicted molar refractivity (Wildman–Crippen MR) is 73.2 cm³/mol. The first kappa shape index (κ1) is 14.3. The van der Waals surface area contributed by atoms with E-state index in [1.54, 1.807) is 0 Å². The van der Waals surface area contributed by atoms with Crippen LogP contribution in [-0.2, 0) is 4.79 Å². The topological polar surface area (TPSA) is 118 Å². The second-order valence-corrected chi connectivity index (χ2v) is 4.23. The van der Waals surface area contributed by atoms with Crippen LogP contribution < -0.4 is 26.2 Å². The zero-order chi connectivity index (χ0) is 14.5. The number of carbonyl (C=O) groups excluding carboxylic acids is 1. The smallest absolute Gasteiger partial charge is 0.323 e. The van der Waals surface area contributed by atoms with Crippen LogP contribution in [0.25, 0.3) is 0 Å². The van der Waals surface area contributed by atoms with E-state index < -0.39 is 0 Å². The third-order valence-electron chi connectivity index (χ3n) is 2.98. The molecule has 1 amide bonds. The quantitative estimate of drug-likeness (QED) is 0.477. The van der Waals surface area contributed by atoms with E-state index in [-0.39, 0.29) is 23.9 Å². The summed E-state index contributed by atoms with van der Waals surface area (Å²) in [6, 6.07) is -0.113. The Hall–Kier alpha value is -2.16. The summed E-state index contributed by atoms with van der Waals surface area (Å²) >= 11 is 0.